The van der Waals surface area contributed by atoms with Crippen molar-refractivity contribution < 1.29 is 4.74 Å². The maximum absolute atomic E-state index is 6.22. The van der Waals surface area contributed by atoms with Gasteiger partial charge in [-0.1, -0.05) is 32.3 Å². The number of fused-ring (bicyclic) bond motifs is 1. The molecule has 108 valence electrons. The molecule has 2 N–H and O–H groups in total. The maximum atomic E-state index is 6.22. The van der Waals surface area contributed by atoms with Gasteiger partial charge < -0.3 is 15.0 Å². The maximum Gasteiger partial charge on any atom is 0.201 e. The second-order valence-electron chi connectivity index (χ2n) is 5.69. The molecule has 0 aliphatic heterocycles. The Hall–Kier alpha value is -1.71. The lowest BCUT2D eigenvalue weighted by Crippen LogP contribution is -2.23. The Bertz CT molecular complexity index is 605. The Labute approximate surface area is 119 Å². The molecule has 4 heteroatoms. The summed E-state index contributed by atoms with van der Waals surface area (Å²) in [4.78, 5) is 4.54. The Morgan fingerprint density at radius 2 is 2.15 bits per heavy atom. The summed E-state index contributed by atoms with van der Waals surface area (Å²) in [5.74, 6) is 2.13. The molecule has 1 aliphatic carbocycles. The van der Waals surface area contributed by atoms with E-state index in [9.17, 15) is 0 Å². The molecule has 0 amide bonds. The molecule has 4 nitrogen and oxygen atoms in total. The van der Waals surface area contributed by atoms with E-state index >= 15 is 0 Å². The van der Waals surface area contributed by atoms with Gasteiger partial charge in [-0.3, -0.25) is 0 Å². The average molecular weight is 273 g/mol. The van der Waals surface area contributed by atoms with Crippen molar-refractivity contribution in [1.29, 1.82) is 0 Å². The minimum Gasteiger partial charge on any atom is -0.494 e. The lowest BCUT2D eigenvalue weighted by atomic mass is 9.82. The van der Waals surface area contributed by atoms with Gasteiger partial charge in [0, 0.05) is 6.04 Å². The number of hydrogen-bond acceptors (Lipinski definition) is 3. The van der Waals surface area contributed by atoms with E-state index in [1.165, 1.54) is 32.1 Å². The van der Waals surface area contributed by atoms with Gasteiger partial charge in [-0.15, -0.1) is 0 Å². The van der Waals surface area contributed by atoms with Crippen LogP contribution in [0.5, 0.6) is 5.75 Å². The Balaban J connectivity index is 2.13. The van der Waals surface area contributed by atoms with Crippen LogP contribution in [0.1, 0.15) is 45.1 Å². The lowest BCUT2D eigenvalue weighted by Gasteiger charge is -2.32. The van der Waals surface area contributed by atoms with Crippen LogP contribution >= 0.6 is 0 Å². The van der Waals surface area contributed by atoms with Crippen molar-refractivity contribution in [3.05, 3.63) is 18.2 Å². The molecule has 2 atom stereocenters. The van der Waals surface area contributed by atoms with Crippen molar-refractivity contribution >= 4 is 17.0 Å². The van der Waals surface area contributed by atoms with Gasteiger partial charge >= 0.3 is 0 Å². The standard InChI is InChI=1S/C16H23N3O/c1-3-11-7-4-5-8-12(11)19-13-9-6-10-14(20-2)15(13)18-16(19)17/h6,9-12H,3-5,7-8H2,1-2H3,(H2,17,18). The van der Waals surface area contributed by atoms with Gasteiger partial charge in [0.05, 0.1) is 12.6 Å². The van der Waals surface area contributed by atoms with Crippen molar-refractivity contribution in [2.45, 2.75) is 45.1 Å². The van der Waals surface area contributed by atoms with E-state index in [4.69, 9.17) is 10.5 Å². The van der Waals surface area contributed by atoms with Gasteiger partial charge in [0.1, 0.15) is 11.3 Å². The molecule has 1 heterocycles. The summed E-state index contributed by atoms with van der Waals surface area (Å²) in [5, 5.41) is 0. The Kier molecular flexibility index (Phi) is 3.55. The van der Waals surface area contributed by atoms with Crippen LogP contribution in [0, 0.1) is 5.92 Å². The zero-order valence-corrected chi connectivity index (χ0v) is 12.3. The molecule has 2 unspecified atom stereocenters. The number of ether oxygens (including phenoxy) is 1. The summed E-state index contributed by atoms with van der Waals surface area (Å²) in [5.41, 5.74) is 8.21. The van der Waals surface area contributed by atoms with Crippen LogP contribution in [0.4, 0.5) is 5.95 Å². The summed E-state index contributed by atoms with van der Waals surface area (Å²) >= 11 is 0. The molecular formula is C16H23N3O. The number of benzene rings is 1. The van der Waals surface area contributed by atoms with Crippen LogP contribution in [0.15, 0.2) is 18.2 Å². The molecule has 0 radical (unpaired) electrons. The second kappa shape index (κ2) is 5.35. The first-order valence-electron chi connectivity index (χ1n) is 7.56. The highest BCUT2D eigenvalue weighted by Gasteiger charge is 2.28. The van der Waals surface area contributed by atoms with Gasteiger partial charge in [0.25, 0.3) is 0 Å². The number of nitrogens with two attached hydrogens (primary N) is 1. The van der Waals surface area contributed by atoms with Gasteiger partial charge in [-0.25, -0.2) is 4.98 Å². The molecule has 1 aromatic carbocycles. The van der Waals surface area contributed by atoms with Crippen LogP contribution < -0.4 is 10.5 Å². The third kappa shape index (κ3) is 2.03. The minimum atomic E-state index is 0.478. The van der Waals surface area contributed by atoms with Crippen LogP contribution in [-0.4, -0.2) is 16.7 Å². The van der Waals surface area contributed by atoms with E-state index < -0.39 is 0 Å². The van der Waals surface area contributed by atoms with Crippen molar-refractivity contribution in [3.63, 3.8) is 0 Å². The van der Waals surface area contributed by atoms with E-state index in [1.807, 2.05) is 12.1 Å². The molecule has 0 bridgehead atoms. The molecule has 0 saturated heterocycles. The molecule has 0 spiro atoms. The SMILES string of the molecule is CCC1CCCCC1n1c(N)nc2c(OC)cccc21. The molecular weight excluding hydrogens is 250 g/mol. The summed E-state index contributed by atoms with van der Waals surface area (Å²) < 4.78 is 7.65. The summed E-state index contributed by atoms with van der Waals surface area (Å²) in [7, 11) is 1.68. The van der Waals surface area contributed by atoms with Crippen molar-refractivity contribution in [2.24, 2.45) is 5.92 Å². The van der Waals surface area contributed by atoms with Crippen molar-refractivity contribution in [3.8, 4) is 5.75 Å². The van der Waals surface area contributed by atoms with Gasteiger partial charge in [-0.2, -0.15) is 0 Å². The van der Waals surface area contributed by atoms with Crippen LogP contribution in [0.3, 0.4) is 0 Å². The van der Waals surface area contributed by atoms with Crippen LogP contribution in [0.2, 0.25) is 0 Å². The Morgan fingerprint density at radius 1 is 1.35 bits per heavy atom. The second-order valence-corrected chi connectivity index (χ2v) is 5.69. The Morgan fingerprint density at radius 3 is 2.90 bits per heavy atom. The number of methoxy groups -OCH3 is 1. The molecule has 20 heavy (non-hydrogen) atoms. The lowest BCUT2D eigenvalue weighted by molar-refractivity contribution is 0.239. The highest BCUT2D eigenvalue weighted by atomic mass is 16.5. The molecule has 1 aromatic heterocycles. The number of aromatic nitrogens is 2. The first-order valence-corrected chi connectivity index (χ1v) is 7.56. The number of imidazole rings is 1. The smallest absolute Gasteiger partial charge is 0.201 e. The number of para-hydroxylation sites is 1. The summed E-state index contributed by atoms with van der Waals surface area (Å²) in [6.45, 7) is 2.28. The van der Waals surface area contributed by atoms with E-state index in [-0.39, 0.29) is 0 Å². The summed E-state index contributed by atoms with van der Waals surface area (Å²) in [6, 6.07) is 6.54. The van der Waals surface area contributed by atoms with E-state index in [1.54, 1.807) is 7.11 Å². The fraction of sp³-hybridized carbons (Fsp3) is 0.562. The first-order chi connectivity index (χ1) is 9.76. The normalized spacial score (nSPS) is 23.1. The first kappa shape index (κ1) is 13.3. The predicted molar refractivity (Wildman–Crippen MR) is 82.0 cm³/mol. The number of hydrogen-bond donors (Lipinski definition) is 1. The molecule has 1 fully saturated rings. The quantitative estimate of drug-likeness (QED) is 0.926. The number of nitrogen functional groups attached to an aromatic ring is 1. The highest BCUT2D eigenvalue weighted by Crippen LogP contribution is 2.40. The third-order valence-corrected chi connectivity index (χ3v) is 4.66. The molecule has 3 rings (SSSR count). The third-order valence-electron chi connectivity index (χ3n) is 4.66. The predicted octanol–water partition coefficient (Wildman–Crippen LogP) is 3.77. The van der Waals surface area contributed by atoms with E-state index in [0.717, 1.165) is 16.8 Å². The van der Waals surface area contributed by atoms with Gasteiger partial charge in [0.15, 0.2) is 0 Å². The van der Waals surface area contributed by atoms with Gasteiger partial charge in [0.2, 0.25) is 5.95 Å². The molecule has 1 saturated carbocycles. The van der Waals surface area contributed by atoms with Crippen LogP contribution in [-0.2, 0) is 0 Å². The topological polar surface area (TPSA) is 53.1 Å². The van der Waals surface area contributed by atoms with Gasteiger partial charge in [-0.05, 0) is 30.9 Å². The van der Waals surface area contributed by atoms with Crippen molar-refractivity contribution in [1.82, 2.24) is 9.55 Å². The largest absolute Gasteiger partial charge is 0.494 e. The number of nitrogens with zero attached hydrogens (tertiary/aromatic N) is 2. The fourth-order valence-corrected chi connectivity index (χ4v) is 3.63. The van der Waals surface area contributed by atoms with E-state index in [0.29, 0.717) is 17.9 Å². The van der Waals surface area contributed by atoms with E-state index in [2.05, 4.69) is 22.5 Å². The molecule has 2 aromatic rings. The number of anilines is 1. The zero-order chi connectivity index (χ0) is 14.1. The summed E-state index contributed by atoms with van der Waals surface area (Å²) in [6.07, 6.45) is 6.32. The average Bonchev–Trinajstić information content (AvgIpc) is 2.82. The number of rotatable bonds is 3. The van der Waals surface area contributed by atoms with Crippen molar-refractivity contribution in [2.75, 3.05) is 12.8 Å². The fourth-order valence-electron chi connectivity index (χ4n) is 3.63. The minimum absolute atomic E-state index is 0.478. The highest BCUT2D eigenvalue weighted by molar-refractivity contribution is 5.84. The zero-order valence-electron chi connectivity index (χ0n) is 12.3. The van der Waals surface area contributed by atoms with Crippen LogP contribution in [0.25, 0.3) is 11.0 Å². The monoisotopic (exact) mass is 273 g/mol. The molecule has 1 aliphatic rings.